The molecule has 0 bridgehead atoms. The second-order valence-corrected chi connectivity index (χ2v) is 3.95. The summed E-state index contributed by atoms with van der Waals surface area (Å²) in [6.07, 6.45) is -4.55. The molecule has 1 heterocycles. The summed E-state index contributed by atoms with van der Waals surface area (Å²) in [5.41, 5.74) is 0.353. The highest BCUT2D eigenvalue weighted by atomic mass is 35.5. The van der Waals surface area contributed by atoms with Gasteiger partial charge in [0.1, 0.15) is 0 Å². The normalized spacial score (nSPS) is 11.8. The molecule has 2 aromatic rings. The third-order valence-electron chi connectivity index (χ3n) is 1.93. The number of alkyl halides is 3. The Bertz CT molecular complexity index is 551. The Kier molecular flexibility index (Phi) is 3.01. The third-order valence-corrected chi connectivity index (χ3v) is 2.67. The first-order valence-electron chi connectivity index (χ1n) is 4.33. The summed E-state index contributed by atoms with van der Waals surface area (Å²) in [6, 6.07) is 4.34. The smallest absolute Gasteiger partial charge is 0.255 e. The minimum atomic E-state index is -4.55. The fraction of sp³-hybridized carbons (Fsp3) is 0.111. The van der Waals surface area contributed by atoms with Crippen LogP contribution in [0.4, 0.5) is 13.2 Å². The maximum Gasteiger partial charge on any atom is 0.451 e. The molecule has 17 heavy (non-hydrogen) atoms. The molecule has 0 unspecified atom stereocenters. The van der Waals surface area contributed by atoms with E-state index < -0.39 is 12.0 Å². The number of H-pyrrole nitrogens is 1. The minimum absolute atomic E-state index is 0.0871. The van der Waals surface area contributed by atoms with Crippen molar-refractivity contribution >= 4 is 23.2 Å². The van der Waals surface area contributed by atoms with Gasteiger partial charge in [-0.05, 0) is 18.2 Å². The summed E-state index contributed by atoms with van der Waals surface area (Å²) in [5.74, 6) is -1.24. The van der Waals surface area contributed by atoms with Gasteiger partial charge in [0.25, 0.3) is 0 Å². The van der Waals surface area contributed by atoms with Crippen molar-refractivity contribution in [2.24, 2.45) is 0 Å². The van der Waals surface area contributed by atoms with Crippen LogP contribution in [0, 0.1) is 0 Å². The van der Waals surface area contributed by atoms with E-state index in [-0.39, 0.29) is 10.8 Å². The lowest BCUT2D eigenvalue weighted by molar-refractivity contribution is -0.144. The van der Waals surface area contributed by atoms with Gasteiger partial charge in [-0.15, -0.1) is 0 Å². The van der Waals surface area contributed by atoms with Gasteiger partial charge >= 0.3 is 6.18 Å². The topological polar surface area (TPSA) is 41.6 Å². The van der Waals surface area contributed by atoms with Gasteiger partial charge in [-0.2, -0.15) is 18.3 Å². The van der Waals surface area contributed by atoms with Gasteiger partial charge in [0.2, 0.25) is 5.82 Å². The highest BCUT2D eigenvalue weighted by molar-refractivity contribution is 6.42. The Labute approximate surface area is 104 Å². The van der Waals surface area contributed by atoms with Gasteiger partial charge in [0.15, 0.2) is 5.82 Å². The maximum absolute atomic E-state index is 12.3. The number of nitrogens with one attached hydrogen (secondary N) is 1. The van der Waals surface area contributed by atoms with Gasteiger partial charge in [0.05, 0.1) is 10.0 Å². The second-order valence-electron chi connectivity index (χ2n) is 3.13. The van der Waals surface area contributed by atoms with Crippen LogP contribution in [-0.4, -0.2) is 15.2 Å². The van der Waals surface area contributed by atoms with E-state index in [9.17, 15) is 13.2 Å². The van der Waals surface area contributed by atoms with Gasteiger partial charge in [0, 0.05) is 5.56 Å². The van der Waals surface area contributed by atoms with E-state index in [1.165, 1.54) is 18.2 Å². The number of benzene rings is 1. The highest BCUT2D eigenvalue weighted by Gasteiger charge is 2.35. The molecule has 2 rings (SSSR count). The van der Waals surface area contributed by atoms with Crippen molar-refractivity contribution in [1.82, 2.24) is 15.2 Å². The molecule has 1 aromatic carbocycles. The zero-order valence-corrected chi connectivity index (χ0v) is 9.53. The molecule has 1 aromatic heterocycles. The summed E-state index contributed by atoms with van der Waals surface area (Å²) < 4.78 is 36.8. The van der Waals surface area contributed by atoms with Crippen molar-refractivity contribution in [3.63, 3.8) is 0 Å². The minimum Gasteiger partial charge on any atom is -0.255 e. The van der Waals surface area contributed by atoms with Crippen LogP contribution in [0.5, 0.6) is 0 Å². The third kappa shape index (κ3) is 2.53. The van der Waals surface area contributed by atoms with Crippen LogP contribution in [0.15, 0.2) is 18.2 Å². The lowest BCUT2D eigenvalue weighted by atomic mass is 10.2. The number of halogens is 5. The number of aromatic nitrogens is 3. The van der Waals surface area contributed by atoms with Crippen LogP contribution in [-0.2, 0) is 6.18 Å². The molecule has 8 heteroatoms. The number of aromatic amines is 1. The second kappa shape index (κ2) is 4.19. The van der Waals surface area contributed by atoms with Crippen molar-refractivity contribution in [3.05, 3.63) is 34.1 Å². The van der Waals surface area contributed by atoms with Crippen LogP contribution in [0.2, 0.25) is 10.0 Å². The van der Waals surface area contributed by atoms with E-state index in [4.69, 9.17) is 23.2 Å². The molecule has 90 valence electrons. The largest absolute Gasteiger partial charge is 0.451 e. The zero-order valence-electron chi connectivity index (χ0n) is 8.02. The first kappa shape index (κ1) is 12.2. The molecule has 0 spiro atoms. The van der Waals surface area contributed by atoms with Gasteiger partial charge in [-0.3, -0.25) is 5.10 Å². The summed E-state index contributed by atoms with van der Waals surface area (Å²) in [6.45, 7) is 0. The molecule has 0 aliphatic rings. The molecule has 0 fully saturated rings. The van der Waals surface area contributed by atoms with Gasteiger partial charge in [-0.1, -0.05) is 23.2 Å². The number of hydrogen-bond donors (Lipinski definition) is 1. The molecule has 0 aliphatic heterocycles. The zero-order chi connectivity index (χ0) is 12.6. The van der Waals surface area contributed by atoms with Crippen LogP contribution >= 0.6 is 23.2 Å². The van der Waals surface area contributed by atoms with Crippen molar-refractivity contribution in [2.75, 3.05) is 0 Å². The van der Waals surface area contributed by atoms with E-state index in [1.807, 2.05) is 5.10 Å². The van der Waals surface area contributed by atoms with Crippen LogP contribution in [0.1, 0.15) is 5.82 Å². The first-order valence-corrected chi connectivity index (χ1v) is 5.08. The molecule has 0 saturated heterocycles. The van der Waals surface area contributed by atoms with Crippen LogP contribution < -0.4 is 0 Å². The molecular formula is C9H4Cl2F3N3. The predicted molar refractivity (Wildman–Crippen MR) is 56.8 cm³/mol. The van der Waals surface area contributed by atoms with E-state index in [0.717, 1.165) is 0 Å². The van der Waals surface area contributed by atoms with Crippen LogP contribution in [0.3, 0.4) is 0 Å². The average molecular weight is 282 g/mol. The monoisotopic (exact) mass is 281 g/mol. The molecular weight excluding hydrogens is 278 g/mol. The lowest BCUT2D eigenvalue weighted by Gasteiger charge is -1.99. The first-order chi connectivity index (χ1) is 7.88. The molecule has 0 atom stereocenters. The summed E-state index contributed by atoms with van der Waals surface area (Å²) >= 11 is 11.4. The van der Waals surface area contributed by atoms with Gasteiger partial charge < -0.3 is 0 Å². The fourth-order valence-corrected chi connectivity index (χ4v) is 1.45. The van der Waals surface area contributed by atoms with E-state index >= 15 is 0 Å². The van der Waals surface area contributed by atoms with Crippen molar-refractivity contribution in [1.29, 1.82) is 0 Å². The van der Waals surface area contributed by atoms with E-state index in [1.54, 1.807) is 0 Å². The SMILES string of the molecule is FC(F)(F)c1nc(-c2ccc(Cl)c(Cl)c2)n[nH]1. The molecule has 0 aliphatic carbocycles. The Hall–Kier alpha value is -1.27. The molecule has 3 nitrogen and oxygen atoms in total. The number of rotatable bonds is 1. The van der Waals surface area contributed by atoms with E-state index in [0.29, 0.717) is 10.6 Å². The Morgan fingerprint density at radius 3 is 2.35 bits per heavy atom. The molecule has 0 radical (unpaired) electrons. The Morgan fingerprint density at radius 1 is 1.12 bits per heavy atom. The number of nitrogens with zero attached hydrogens (tertiary/aromatic N) is 2. The van der Waals surface area contributed by atoms with Crippen molar-refractivity contribution in [2.45, 2.75) is 6.18 Å². The summed E-state index contributed by atoms with van der Waals surface area (Å²) in [7, 11) is 0. The molecule has 0 saturated carbocycles. The van der Waals surface area contributed by atoms with Crippen LogP contribution in [0.25, 0.3) is 11.4 Å². The van der Waals surface area contributed by atoms with Gasteiger partial charge in [-0.25, -0.2) is 4.98 Å². The quantitative estimate of drug-likeness (QED) is 0.864. The highest BCUT2D eigenvalue weighted by Crippen LogP contribution is 2.30. The summed E-state index contributed by atoms with van der Waals surface area (Å²) in [4.78, 5) is 3.33. The van der Waals surface area contributed by atoms with Crippen molar-refractivity contribution in [3.8, 4) is 11.4 Å². The maximum atomic E-state index is 12.3. The molecule has 0 amide bonds. The van der Waals surface area contributed by atoms with E-state index in [2.05, 4.69) is 10.1 Å². The Balaban J connectivity index is 2.40. The number of hydrogen-bond acceptors (Lipinski definition) is 2. The fourth-order valence-electron chi connectivity index (χ4n) is 1.15. The van der Waals surface area contributed by atoms with Crippen molar-refractivity contribution < 1.29 is 13.2 Å². The molecule has 1 N–H and O–H groups in total. The predicted octanol–water partition coefficient (Wildman–Crippen LogP) is 3.80. The Morgan fingerprint density at radius 2 is 1.82 bits per heavy atom. The average Bonchev–Trinajstić information content (AvgIpc) is 2.70. The standard InChI is InChI=1S/C9H4Cl2F3N3/c10-5-2-1-4(3-6(5)11)7-15-8(17-16-7)9(12,13)14/h1-3H,(H,15,16,17). The summed E-state index contributed by atoms with van der Waals surface area (Å²) in [5, 5.41) is 5.81. The lowest BCUT2D eigenvalue weighted by Crippen LogP contribution is -2.07.